The first-order valence-corrected chi connectivity index (χ1v) is 11.4. The first-order chi connectivity index (χ1) is 16.2. The smallest absolute Gasteiger partial charge is 0.339 e. The van der Waals surface area contributed by atoms with Crippen molar-refractivity contribution >= 4 is 23.4 Å². The van der Waals surface area contributed by atoms with Gasteiger partial charge in [0.1, 0.15) is 6.10 Å². The van der Waals surface area contributed by atoms with Crippen molar-refractivity contribution in [1.29, 1.82) is 0 Å². The molecule has 0 unspecified atom stereocenters. The fourth-order valence-electron chi connectivity index (χ4n) is 4.38. The van der Waals surface area contributed by atoms with Gasteiger partial charge in [0.05, 0.1) is 16.1 Å². The lowest BCUT2D eigenvalue weighted by Gasteiger charge is -2.36. The molecule has 34 heavy (non-hydrogen) atoms. The van der Waals surface area contributed by atoms with Crippen molar-refractivity contribution < 1.29 is 28.8 Å². The van der Waals surface area contributed by atoms with E-state index in [9.17, 15) is 24.5 Å². The SMILES string of the molecule is CC(C)[C@@H]1CC[C@@H](C)C[C@H]1OC(=O)c1ccccc1C(=O)OCC(=O)c1cccc([N+](=O)[O-])c1. The molecule has 3 rings (SSSR count). The number of carbonyl (C=O) groups is 3. The number of ketones is 1. The number of ether oxygens (including phenoxy) is 2. The Morgan fingerprint density at radius 2 is 1.71 bits per heavy atom. The number of rotatable bonds is 8. The maximum atomic E-state index is 13.0. The van der Waals surface area contributed by atoms with E-state index in [0.717, 1.165) is 25.3 Å². The summed E-state index contributed by atoms with van der Waals surface area (Å²) in [7, 11) is 0. The Kier molecular flexibility index (Phi) is 8.15. The van der Waals surface area contributed by atoms with Crippen molar-refractivity contribution in [3.05, 3.63) is 75.3 Å². The maximum Gasteiger partial charge on any atom is 0.339 e. The number of hydrogen-bond donors (Lipinski definition) is 0. The second-order valence-electron chi connectivity index (χ2n) is 9.12. The number of hydrogen-bond acceptors (Lipinski definition) is 7. The van der Waals surface area contributed by atoms with E-state index in [4.69, 9.17) is 9.47 Å². The lowest BCUT2D eigenvalue weighted by Crippen LogP contribution is -2.36. The van der Waals surface area contributed by atoms with Gasteiger partial charge in [0.2, 0.25) is 5.78 Å². The third kappa shape index (κ3) is 6.07. The molecule has 0 saturated heterocycles. The van der Waals surface area contributed by atoms with E-state index < -0.39 is 29.3 Å². The first kappa shape index (κ1) is 25.1. The van der Waals surface area contributed by atoms with Crippen LogP contribution in [-0.2, 0) is 9.47 Å². The van der Waals surface area contributed by atoms with E-state index in [1.807, 2.05) is 0 Å². The van der Waals surface area contributed by atoms with Crippen molar-refractivity contribution in [3.63, 3.8) is 0 Å². The summed E-state index contributed by atoms with van der Waals surface area (Å²) in [6.07, 6.45) is 2.63. The molecule has 1 aliphatic carbocycles. The Morgan fingerprint density at radius 1 is 1.03 bits per heavy atom. The van der Waals surface area contributed by atoms with Crippen LogP contribution in [0.25, 0.3) is 0 Å². The fourth-order valence-corrected chi connectivity index (χ4v) is 4.38. The summed E-state index contributed by atoms with van der Waals surface area (Å²) < 4.78 is 11.0. The summed E-state index contributed by atoms with van der Waals surface area (Å²) in [5, 5.41) is 10.9. The van der Waals surface area contributed by atoms with Gasteiger partial charge in [-0.05, 0) is 42.7 Å². The lowest BCUT2D eigenvalue weighted by atomic mass is 9.75. The van der Waals surface area contributed by atoms with Gasteiger partial charge in [0.15, 0.2) is 6.61 Å². The third-order valence-electron chi connectivity index (χ3n) is 6.30. The number of nitrogens with zero attached hydrogens (tertiary/aromatic N) is 1. The predicted octanol–water partition coefficient (Wildman–Crippen LogP) is 5.25. The van der Waals surface area contributed by atoms with Crippen LogP contribution in [0.1, 0.15) is 71.1 Å². The highest BCUT2D eigenvalue weighted by Gasteiger charge is 2.34. The van der Waals surface area contributed by atoms with Crippen LogP contribution < -0.4 is 0 Å². The zero-order chi connectivity index (χ0) is 24.8. The Labute approximate surface area is 198 Å². The normalized spacial score (nSPS) is 19.9. The average Bonchev–Trinajstić information content (AvgIpc) is 2.82. The van der Waals surface area contributed by atoms with Gasteiger partial charge in [-0.1, -0.05) is 51.5 Å². The molecule has 1 saturated carbocycles. The quantitative estimate of drug-likeness (QED) is 0.225. The highest BCUT2D eigenvalue weighted by molar-refractivity contribution is 6.04. The third-order valence-corrected chi connectivity index (χ3v) is 6.30. The van der Waals surface area contributed by atoms with Gasteiger partial charge in [0.25, 0.3) is 5.69 Å². The van der Waals surface area contributed by atoms with Crippen molar-refractivity contribution in [2.24, 2.45) is 17.8 Å². The van der Waals surface area contributed by atoms with Crippen molar-refractivity contribution in [2.45, 2.75) is 46.1 Å². The number of benzene rings is 2. The molecule has 0 bridgehead atoms. The maximum absolute atomic E-state index is 13.0. The van der Waals surface area contributed by atoms with Crippen molar-refractivity contribution in [3.8, 4) is 0 Å². The number of esters is 2. The molecule has 2 aromatic rings. The summed E-state index contributed by atoms with van der Waals surface area (Å²) >= 11 is 0. The minimum absolute atomic E-state index is 0.00398. The topological polar surface area (TPSA) is 113 Å². The Balaban J connectivity index is 1.70. The van der Waals surface area contributed by atoms with E-state index >= 15 is 0 Å². The minimum Gasteiger partial charge on any atom is -0.458 e. The Bertz CT molecular complexity index is 1080. The second-order valence-corrected chi connectivity index (χ2v) is 9.12. The Morgan fingerprint density at radius 3 is 2.35 bits per heavy atom. The molecule has 2 aromatic carbocycles. The molecule has 0 spiro atoms. The lowest BCUT2D eigenvalue weighted by molar-refractivity contribution is -0.384. The van der Waals surface area contributed by atoms with Crippen LogP contribution in [0.2, 0.25) is 0 Å². The summed E-state index contributed by atoms with van der Waals surface area (Å²) in [5.41, 5.74) is -0.0943. The molecular weight excluding hydrogens is 438 g/mol. The first-order valence-electron chi connectivity index (χ1n) is 11.4. The van der Waals surface area contributed by atoms with Gasteiger partial charge in [-0.15, -0.1) is 0 Å². The van der Waals surface area contributed by atoms with Crippen LogP contribution in [0.15, 0.2) is 48.5 Å². The predicted molar refractivity (Wildman–Crippen MR) is 125 cm³/mol. The molecule has 0 aliphatic heterocycles. The van der Waals surface area contributed by atoms with Crippen LogP contribution in [0.3, 0.4) is 0 Å². The largest absolute Gasteiger partial charge is 0.458 e. The molecule has 8 heteroatoms. The Hall–Kier alpha value is -3.55. The minimum atomic E-state index is -0.844. The number of carbonyl (C=O) groups excluding carboxylic acids is 3. The zero-order valence-electron chi connectivity index (χ0n) is 19.6. The molecule has 0 N–H and O–H groups in total. The highest BCUT2D eigenvalue weighted by Crippen LogP contribution is 2.35. The molecule has 0 aromatic heterocycles. The van der Waals surface area contributed by atoms with E-state index in [1.165, 1.54) is 30.3 Å². The van der Waals surface area contributed by atoms with Gasteiger partial charge in [-0.25, -0.2) is 9.59 Å². The fraction of sp³-hybridized carbons (Fsp3) is 0.423. The van der Waals surface area contributed by atoms with Gasteiger partial charge in [-0.3, -0.25) is 14.9 Å². The molecule has 0 radical (unpaired) electrons. The second kappa shape index (κ2) is 11.0. The summed E-state index contributed by atoms with van der Waals surface area (Å²) in [4.78, 5) is 48.4. The van der Waals surface area contributed by atoms with Crippen molar-refractivity contribution in [1.82, 2.24) is 0 Å². The molecule has 3 atom stereocenters. The number of non-ortho nitro benzene ring substituents is 1. The summed E-state index contributed by atoms with van der Waals surface area (Å²) in [6, 6.07) is 11.3. The van der Waals surface area contributed by atoms with Gasteiger partial charge in [-0.2, -0.15) is 0 Å². The molecule has 0 amide bonds. The van der Waals surface area contributed by atoms with Gasteiger partial charge >= 0.3 is 11.9 Å². The summed E-state index contributed by atoms with van der Waals surface area (Å²) in [6.45, 7) is 5.76. The zero-order valence-corrected chi connectivity index (χ0v) is 19.6. The number of nitro groups is 1. The number of nitro benzene ring substituents is 1. The van der Waals surface area contributed by atoms with Crippen LogP contribution in [-0.4, -0.2) is 35.4 Å². The molecule has 1 fully saturated rings. The van der Waals surface area contributed by atoms with Crippen LogP contribution in [0.4, 0.5) is 5.69 Å². The van der Waals surface area contributed by atoms with E-state index in [0.29, 0.717) is 11.8 Å². The number of Topliss-reactive ketones (excluding diaryl/α,β-unsaturated/α-hetero) is 1. The molecule has 180 valence electrons. The molecule has 0 heterocycles. The van der Waals surface area contributed by atoms with Crippen LogP contribution in [0, 0.1) is 27.9 Å². The van der Waals surface area contributed by atoms with Crippen LogP contribution in [0.5, 0.6) is 0 Å². The van der Waals surface area contributed by atoms with Crippen molar-refractivity contribution in [2.75, 3.05) is 6.61 Å². The van der Waals surface area contributed by atoms with E-state index in [2.05, 4.69) is 20.8 Å². The monoisotopic (exact) mass is 467 g/mol. The molecule has 8 nitrogen and oxygen atoms in total. The highest BCUT2D eigenvalue weighted by atomic mass is 16.6. The van der Waals surface area contributed by atoms with Gasteiger partial charge in [0, 0.05) is 17.7 Å². The molecule has 1 aliphatic rings. The van der Waals surface area contributed by atoms with Crippen LogP contribution >= 0.6 is 0 Å². The molecular formula is C26H29NO7. The van der Waals surface area contributed by atoms with Gasteiger partial charge < -0.3 is 9.47 Å². The van der Waals surface area contributed by atoms with E-state index in [1.54, 1.807) is 12.1 Å². The van der Waals surface area contributed by atoms with E-state index in [-0.39, 0.29) is 34.4 Å². The standard InChI is InChI=1S/C26H29NO7/c1-16(2)20-12-11-17(3)13-24(20)34-26(30)22-10-5-4-9-21(22)25(29)33-15-23(28)18-7-6-8-19(14-18)27(31)32/h4-10,14,16-17,20,24H,11-13,15H2,1-3H3/t17-,20+,24-/m1/s1. The average molecular weight is 468 g/mol. The summed E-state index contributed by atoms with van der Waals surface area (Å²) in [5.74, 6) is -0.955.